The molecule has 0 spiro atoms. The van der Waals surface area contributed by atoms with Crippen LogP contribution in [0.3, 0.4) is 0 Å². The number of hydrogen-bond donors (Lipinski definition) is 1. The Labute approximate surface area is 196 Å². The van der Waals surface area contributed by atoms with Crippen molar-refractivity contribution in [2.24, 2.45) is 0 Å². The summed E-state index contributed by atoms with van der Waals surface area (Å²) in [6.45, 7) is 5.55. The van der Waals surface area contributed by atoms with E-state index in [0.29, 0.717) is 33.6 Å². The number of carbonyl (C=O) groups excluding carboxylic acids is 1. The topological polar surface area (TPSA) is 89.5 Å². The Bertz CT molecular complexity index is 1200. The standard InChI is InChI=1S/C24H27F2N5O3/c1-24(2,3)34-23(32)31-12-15(26)9-16(13-31)28-22-17-7-8-27-11-19(17)21(29-30-22)18-6-5-14(25)10-20(18)33-4/h5-8,10-11,15-16H,9,12-13H2,1-4H3,(H,28,30)/t15-,16-/m1/s1. The van der Waals surface area contributed by atoms with Crippen LogP contribution in [0.15, 0.2) is 36.7 Å². The zero-order chi connectivity index (χ0) is 24.5. The van der Waals surface area contributed by atoms with E-state index in [1.54, 1.807) is 45.3 Å². The van der Waals surface area contributed by atoms with Crippen LogP contribution in [0, 0.1) is 5.82 Å². The number of aromatic nitrogens is 3. The number of pyridine rings is 1. The smallest absolute Gasteiger partial charge is 0.410 e. The minimum absolute atomic E-state index is 0.0211. The molecule has 1 aliphatic heterocycles. The Morgan fingerprint density at radius 2 is 1.97 bits per heavy atom. The summed E-state index contributed by atoms with van der Waals surface area (Å²) >= 11 is 0. The monoisotopic (exact) mass is 471 g/mol. The molecular formula is C24H27F2N5O3. The number of nitrogens with zero attached hydrogens (tertiary/aromatic N) is 4. The normalized spacial score (nSPS) is 18.6. The number of nitrogens with one attached hydrogen (secondary N) is 1. The van der Waals surface area contributed by atoms with Crippen molar-refractivity contribution in [3.63, 3.8) is 0 Å². The zero-order valence-electron chi connectivity index (χ0n) is 19.5. The van der Waals surface area contributed by atoms with Crippen LogP contribution >= 0.6 is 0 Å². The molecule has 0 bridgehead atoms. The summed E-state index contributed by atoms with van der Waals surface area (Å²) in [4.78, 5) is 18.1. The average Bonchev–Trinajstić information content (AvgIpc) is 2.78. The Kier molecular flexibility index (Phi) is 6.49. The summed E-state index contributed by atoms with van der Waals surface area (Å²) < 4.78 is 38.9. The van der Waals surface area contributed by atoms with Crippen LogP contribution in [0.25, 0.3) is 22.0 Å². The van der Waals surface area contributed by atoms with Crippen LogP contribution in [0.2, 0.25) is 0 Å². The van der Waals surface area contributed by atoms with E-state index in [0.717, 1.165) is 0 Å². The van der Waals surface area contributed by atoms with Crippen molar-refractivity contribution in [1.82, 2.24) is 20.1 Å². The van der Waals surface area contributed by atoms with Crippen LogP contribution in [-0.2, 0) is 4.74 Å². The highest BCUT2D eigenvalue weighted by Gasteiger charge is 2.33. The predicted octanol–water partition coefficient (Wildman–Crippen LogP) is 4.60. The van der Waals surface area contributed by atoms with Gasteiger partial charge in [-0.05, 0) is 39.0 Å². The van der Waals surface area contributed by atoms with Crippen molar-refractivity contribution < 1.29 is 23.0 Å². The fraction of sp³-hybridized carbons (Fsp3) is 0.417. The molecule has 3 aromatic rings. The molecule has 0 aliphatic carbocycles. The lowest BCUT2D eigenvalue weighted by Crippen LogP contribution is -2.51. The second-order valence-corrected chi connectivity index (χ2v) is 9.22. The number of hydrogen-bond acceptors (Lipinski definition) is 7. The molecule has 1 saturated heterocycles. The number of methoxy groups -OCH3 is 1. The first-order valence-electron chi connectivity index (χ1n) is 11.0. The molecule has 10 heteroatoms. The van der Waals surface area contributed by atoms with Gasteiger partial charge in [-0.25, -0.2) is 13.6 Å². The highest BCUT2D eigenvalue weighted by atomic mass is 19.1. The largest absolute Gasteiger partial charge is 0.496 e. The van der Waals surface area contributed by atoms with Crippen molar-refractivity contribution in [2.45, 2.75) is 45.0 Å². The first kappa shape index (κ1) is 23.6. The van der Waals surface area contributed by atoms with Gasteiger partial charge >= 0.3 is 6.09 Å². The maximum absolute atomic E-state index is 14.5. The van der Waals surface area contributed by atoms with E-state index >= 15 is 0 Å². The lowest BCUT2D eigenvalue weighted by Gasteiger charge is -2.36. The highest BCUT2D eigenvalue weighted by molar-refractivity contribution is 6.00. The molecule has 2 aromatic heterocycles. The van der Waals surface area contributed by atoms with Crippen molar-refractivity contribution in [1.29, 1.82) is 0 Å². The third kappa shape index (κ3) is 5.16. The van der Waals surface area contributed by atoms with Gasteiger partial charge in [-0.2, -0.15) is 0 Å². The molecule has 180 valence electrons. The number of likely N-dealkylation sites (tertiary alicyclic amines) is 1. The van der Waals surface area contributed by atoms with Gasteiger partial charge in [0.15, 0.2) is 5.82 Å². The van der Waals surface area contributed by atoms with Gasteiger partial charge in [0.25, 0.3) is 0 Å². The SMILES string of the molecule is COc1cc(F)ccc1-c1nnc(N[C@@H]2C[C@@H](F)CN(C(=O)OC(C)(C)C)C2)c2ccncc12. The lowest BCUT2D eigenvalue weighted by atomic mass is 10.0. The molecular weight excluding hydrogens is 444 g/mol. The molecule has 0 unspecified atom stereocenters. The first-order valence-corrected chi connectivity index (χ1v) is 11.0. The molecule has 1 aromatic carbocycles. The van der Waals surface area contributed by atoms with Crippen molar-refractivity contribution in [3.8, 4) is 17.0 Å². The quantitative estimate of drug-likeness (QED) is 0.595. The van der Waals surface area contributed by atoms with Crippen molar-refractivity contribution in [3.05, 3.63) is 42.5 Å². The molecule has 34 heavy (non-hydrogen) atoms. The Morgan fingerprint density at radius 1 is 1.18 bits per heavy atom. The van der Waals surface area contributed by atoms with Crippen LogP contribution in [0.1, 0.15) is 27.2 Å². The van der Waals surface area contributed by atoms with E-state index in [4.69, 9.17) is 9.47 Å². The van der Waals surface area contributed by atoms with E-state index in [-0.39, 0.29) is 19.5 Å². The van der Waals surface area contributed by atoms with E-state index < -0.39 is 29.7 Å². The van der Waals surface area contributed by atoms with Crippen LogP contribution in [0.5, 0.6) is 5.75 Å². The van der Waals surface area contributed by atoms with Gasteiger partial charge < -0.3 is 19.7 Å². The van der Waals surface area contributed by atoms with E-state index in [1.165, 1.54) is 24.1 Å². The summed E-state index contributed by atoms with van der Waals surface area (Å²) in [7, 11) is 1.45. The minimum Gasteiger partial charge on any atom is -0.496 e. The zero-order valence-corrected chi connectivity index (χ0v) is 19.5. The number of benzene rings is 1. The predicted molar refractivity (Wildman–Crippen MR) is 124 cm³/mol. The molecule has 1 aliphatic rings. The van der Waals surface area contributed by atoms with Crippen molar-refractivity contribution in [2.75, 3.05) is 25.5 Å². The molecule has 1 fully saturated rings. The number of fused-ring (bicyclic) bond motifs is 1. The number of alkyl halides is 1. The van der Waals surface area contributed by atoms with Crippen LogP contribution < -0.4 is 10.1 Å². The van der Waals surface area contributed by atoms with Gasteiger partial charge in [0.2, 0.25) is 0 Å². The lowest BCUT2D eigenvalue weighted by molar-refractivity contribution is 0.0124. The van der Waals surface area contributed by atoms with Crippen LogP contribution in [0.4, 0.5) is 19.4 Å². The van der Waals surface area contributed by atoms with E-state index in [2.05, 4.69) is 20.5 Å². The second-order valence-electron chi connectivity index (χ2n) is 9.22. The maximum atomic E-state index is 14.5. The number of rotatable bonds is 4. The number of piperidine rings is 1. The molecule has 0 radical (unpaired) electrons. The summed E-state index contributed by atoms with van der Waals surface area (Å²) in [6.07, 6.45) is 1.70. The van der Waals surface area contributed by atoms with Gasteiger partial charge in [0.1, 0.15) is 29.0 Å². The number of ether oxygens (including phenoxy) is 2. The summed E-state index contributed by atoms with van der Waals surface area (Å²) in [5, 5.41) is 13.3. The minimum atomic E-state index is -1.21. The highest BCUT2D eigenvalue weighted by Crippen LogP contribution is 2.35. The number of carbonyl (C=O) groups is 1. The average molecular weight is 472 g/mol. The van der Waals surface area contributed by atoms with Crippen LogP contribution in [-0.4, -0.2) is 64.2 Å². The molecule has 1 N–H and O–H groups in total. The van der Waals surface area contributed by atoms with Gasteiger partial charge in [-0.15, -0.1) is 10.2 Å². The number of anilines is 1. The third-order valence-corrected chi connectivity index (χ3v) is 5.39. The Balaban J connectivity index is 1.64. The summed E-state index contributed by atoms with van der Waals surface area (Å²) in [5.41, 5.74) is 0.376. The van der Waals surface area contributed by atoms with Crippen molar-refractivity contribution >= 4 is 22.7 Å². The molecule has 2 atom stereocenters. The number of halogens is 2. The third-order valence-electron chi connectivity index (χ3n) is 5.39. The molecule has 3 heterocycles. The maximum Gasteiger partial charge on any atom is 0.410 e. The first-order chi connectivity index (χ1) is 16.1. The summed E-state index contributed by atoms with van der Waals surface area (Å²) in [6, 6.07) is 5.55. The van der Waals surface area contributed by atoms with E-state index in [9.17, 15) is 13.6 Å². The second kappa shape index (κ2) is 9.36. The van der Waals surface area contributed by atoms with Gasteiger partial charge in [0, 0.05) is 53.8 Å². The Hall–Kier alpha value is -3.56. The fourth-order valence-electron chi connectivity index (χ4n) is 3.97. The molecule has 8 nitrogen and oxygen atoms in total. The molecule has 4 rings (SSSR count). The molecule has 1 amide bonds. The van der Waals surface area contributed by atoms with Gasteiger partial charge in [0.05, 0.1) is 13.7 Å². The Morgan fingerprint density at radius 3 is 2.71 bits per heavy atom. The molecule has 0 saturated carbocycles. The fourth-order valence-corrected chi connectivity index (χ4v) is 3.97. The summed E-state index contributed by atoms with van der Waals surface area (Å²) in [5.74, 6) is 0.327. The van der Waals surface area contributed by atoms with Gasteiger partial charge in [-0.3, -0.25) is 4.98 Å². The van der Waals surface area contributed by atoms with E-state index in [1.807, 2.05) is 0 Å². The van der Waals surface area contributed by atoms with Gasteiger partial charge in [-0.1, -0.05) is 0 Å². The number of amides is 1.